The summed E-state index contributed by atoms with van der Waals surface area (Å²) in [4.78, 5) is 35.0. The maximum absolute atomic E-state index is 14.0. The van der Waals surface area contributed by atoms with E-state index in [4.69, 9.17) is 4.98 Å². The number of amides is 1. The van der Waals surface area contributed by atoms with Gasteiger partial charge in [-0.15, -0.1) is 0 Å². The summed E-state index contributed by atoms with van der Waals surface area (Å²) in [6, 6.07) is 3.19. The van der Waals surface area contributed by atoms with Crippen molar-refractivity contribution >= 4 is 5.91 Å². The highest BCUT2D eigenvalue weighted by Gasteiger charge is 2.46. The van der Waals surface area contributed by atoms with Crippen LogP contribution in [-0.4, -0.2) is 33.9 Å². The molecule has 0 bridgehead atoms. The van der Waals surface area contributed by atoms with Gasteiger partial charge in [-0.1, -0.05) is 0 Å². The first-order chi connectivity index (χ1) is 13.9. The summed E-state index contributed by atoms with van der Waals surface area (Å²) in [6.45, 7) is 1.07. The Hall–Kier alpha value is -2.57. The second kappa shape index (κ2) is 6.75. The minimum atomic E-state index is -0.569. The van der Waals surface area contributed by atoms with E-state index in [1.807, 2.05) is 0 Å². The van der Waals surface area contributed by atoms with Gasteiger partial charge < -0.3 is 9.88 Å². The predicted octanol–water partition coefficient (Wildman–Crippen LogP) is 2.97. The highest BCUT2D eigenvalue weighted by molar-refractivity contribution is 5.79. The van der Waals surface area contributed by atoms with Gasteiger partial charge >= 0.3 is 0 Å². The summed E-state index contributed by atoms with van der Waals surface area (Å²) in [7, 11) is 0. The Labute approximate surface area is 167 Å². The van der Waals surface area contributed by atoms with Crippen LogP contribution in [0, 0.1) is 11.6 Å². The second-order valence-corrected chi connectivity index (χ2v) is 8.66. The molecule has 5 rings (SSSR count). The van der Waals surface area contributed by atoms with Gasteiger partial charge in [0.1, 0.15) is 17.5 Å². The average molecular weight is 399 g/mol. The molecule has 2 heterocycles. The Bertz CT molecular complexity index is 1050. The number of likely N-dealkylation sites (tertiary alicyclic amines) is 1. The summed E-state index contributed by atoms with van der Waals surface area (Å²) >= 11 is 0. The number of hydrogen-bond acceptors (Lipinski definition) is 3. The topological polar surface area (TPSA) is 66.1 Å². The van der Waals surface area contributed by atoms with Crippen LogP contribution in [0.1, 0.15) is 60.7 Å². The van der Waals surface area contributed by atoms with E-state index in [1.165, 1.54) is 0 Å². The highest BCUT2D eigenvalue weighted by Crippen LogP contribution is 2.45. The van der Waals surface area contributed by atoms with E-state index in [0.29, 0.717) is 25.4 Å². The first-order valence-corrected chi connectivity index (χ1v) is 10.3. The molecular formula is C22H23F2N3O2. The van der Waals surface area contributed by atoms with Crippen molar-refractivity contribution in [1.29, 1.82) is 0 Å². The van der Waals surface area contributed by atoms with Gasteiger partial charge in [-0.05, 0) is 56.7 Å². The van der Waals surface area contributed by atoms with Crippen LogP contribution in [0.2, 0.25) is 0 Å². The third-order valence-corrected chi connectivity index (χ3v) is 6.63. The van der Waals surface area contributed by atoms with E-state index in [-0.39, 0.29) is 28.9 Å². The Morgan fingerprint density at radius 3 is 2.90 bits per heavy atom. The van der Waals surface area contributed by atoms with Crippen molar-refractivity contribution in [1.82, 2.24) is 14.9 Å². The highest BCUT2D eigenvalue weighted by atomic mass is 19.1. The van der Waals surface area contributed by atoms with Crippen molar-refractivity contribution in [3.05, 3.63) is 62.8 Å². The van der Waals surface area contributed by atoms with Crippen molar-refractivity contribution < 1.29 is 13.6 Å². The minimum Gasteiger partial charge on any atom is -0.341 e. The standard InChI is InChI=1S/C22H23F2N3O2/c23-15-4-5-17(24)14(10-15)11-18(28)27-9-1-7-22(12-27)8-6-16-19(22)25-20(13-2-3-13)26-21(16)29/h4-5,10,13H,1-3,6-9,11-12H2,(H,25,26,29). The Morgan fingerprint density at radius 2 is 2.10 bits per heavy atom. The van der Waals surface area contributed by atoms with Gasteiger partial charge in [-0.2, -0.15) is 0 Å². The second-order valence-electron chi connectivity index (χ2n) is 8.66. The van der Waals surface area contributed by atoms with Crippen molar-refractivity contribution in [2.45, 2.75) is 56.3 Å². The molecule has 5 nitrogen and oxygen atoms in total. The van der Waals surface area contributed by atoms with Gasteiger partial charge in [0.25, 0.3) is 5.56 Å². The molecule has 152 valence electrons. The number of rotatable bonds is 3. The maximum Gasteiger partial charge on any atom is 0.254 e. The van der Waals surface area contributed by atoms with E-state index in [2.05, 4.69) is 4.98 Å². The SMILES string of the molecule is O=C(Cc1cc(F)ccc1F)N1CCCC2(CCc3c2nc(C2CC2)[nH]c3=O)C1. The summed E-state index contributed by atoms with van der Waals surface area (Å²) in [6.07, 6.45) is 5.11. The molecule has 1 unspecified atom stereocenters. The molecule has 29 heavy (non-hydrogen) atoms. The largest absolute Gasteiger partial charge is 0.341 e. The molecular weight excluding hydrogens is 376 g/mol. The fourth-order valence-electron chi connectivity index (χ4n) is 4.91. The maximum atomic E-state index is 14.0. The number of fused-ring (bicyclic) bond motifs is 2. The number of aromatic nitrogens is 2. The molecule has 2 aromatic rings. The number of H-pyrrole nitrogens is 1. The van der Waals surface area contributed by atoms with Crippen molar-refractivity contribution in [3.8, 4) is 0 Å². The molecule has 1 saturated heterocycles. The van der Waals surface area contributed by atoms with Gasteiger partial charge in [-0.25, -0.2) is 13.8 Å². The zero-order valence-electron chi connectivity index (χ0n) is 16.1. The molecule has 0 radical (unpaired) electrons. The molecule has 2 aliphatic carbocycles. The van der Waals surface area contributed by atoms with Gasteiger partial charge in [-0.3, -0.25) is 9.59 Å². The van der Waals surface area contributed by atoms with Crippen molar-refractivity contribution in [3.63, 3.8) is 0 Å². The fraction of sp³-hybridized carbons (Fsp3) is 0.500. The van der Waals surface area contributed by atoms with E-state index < -0.39 is 11.6 Å². The van der Waals surface area contributed by atoms with Crippen LogP contribution >= 0.6 is 0 Å². The van der Waals surface area contributed by atoms with Gasteiger partial charge in [0.15, 0.2) is 0 Å². The molecule has 1 spiro atoms. The lowest BCUT2D eigenvalue weighted by Gasteiger charge is -2.40. The first kappa shape index (κ1) is 18.5. The van der Waals surface area contributed by atoms with Crippen LogP contribution in [0.25, 0.3) is 0 Å². The van der Waals surface area contributed by atoms with Crippen LogP contribution in [0.4, 0.5) is 8.78 Å². The number of halogens is 2. The third kappa shape index (κ3) is 3.26. The number of nitrogens with zero attached hydrogens (tertiary/aromatic N) is 2. The van der Waals surface area contributed by atoms with Crippen LogP contribution in [-0.2, 0) is 23.1 Å². The normalized spacial score (nSPS) is 23.4. The number of carbonyl (C=O) groups is 1. The lowest BCUT2D eigenvalue weighted by molar-refractivity contribution is -0.132. The van der Waals surface area contributed by atoms with Crippen LogP contribution < -0.4 is 5.56 Å². The van der Waals surface area contributed by atoms with Gasteiger partial charge in [0.2, 0.25) is 5.91 Å². The minimum absolute atomic E-state index is 0.0425. The van der Waals surface area contributed by atoms with Crippen molar-refractivity contribution in [2.75, 3.05) is 13.1 Å². The Balaban J connectivity index is 1.41. The monoisotopic (exact) mass is 399 g/mol. The number of hydrogen-bond donors (Lipinski definition) is 1. The molecule has 1 aliphatic heterocycles. The zero-order valence-corrected chi connectivity index (χ0v) is 16.1. The molecule has 1 aromatic heterocycles. The number of carbonyl (C=O) groups excluding carboxylic acids is 1. The molecule has 7 heteroatoms. The average Bonchev–Trinajstić information content (AvgIpc) is 3.50. The molecule has 3 aliphatic rings. The van der Waals surface area contributed by atoms with E-state index in [0.717, 1.165) is 67.4 Å². The number of aromatic amines is 1. The molecule has 1 atom stereocenters. The van der Waals surface area contributed by atoms with Crippen LogP contribution in [0.15, 0.2) is 23.0 Å². The molecule has 1 amide bonds. The summed E-state index contributed by atoms with van der Waals surface area (Å²) in [5, 5.41) is 0. The summed E-state index contributed by atoms with van der Waals surface area (Å²) in [5.41, 5.74) is 1.34. The molecule has 1 saturated carbocycles. The van der Waals surface area contributed by atoms with Crippen molar-refractivity contribution in [2.24, 2.45) is 0 Å². The number of benzene rings is 1. The Kier molecular flexibility index (Phi) is 4.29. The quantitative estimate of drug-likeness (QED) is 0.863. The van der Waals surface area contributed by atoms with E-state index in [9.17, 15) is 18.4 Å². The summed E-state index contributed by atoms with van der Waals surface area (Å²) < 4.78 is 27.4. The van der Waals surface area contributed by atoms with Crippen LogP contribution in [0.3, 0.4) is 0 Å². The molecule has 1 aromatic carbocycles. The molecule has 2 fully saturated rings. The van der Waals surface area contributed by atoms with E-state index >= 15 is 0 Å². The number of nitrogens with one attached hydrogen (secondary N) is 1. The van der Waals surface area contributed by atoms with E-state index in [1.54, 1.807) is 4.90 Å². The fourth-order valence-corrected chi connectivity index (χ4v) is 4.91. The molecule has 1 N–H and O–H groups in total. The summed E-state index contributed by atoms with van der Waals surface area (Å²) in [5.74, 6) is -0.206. The lowest BCUT2D eigenvalue weighted by Crippen LogP contribution is -2.48. The van der Waals surface area contributed by atoms with Gasteiger partial charge in [0.05, 0.1) is 12.1 Å². The predicted molar refractivity (Wildman–Crippen MR) is 103 cm³/mol. The lowest BCUT2D eigenvalue weighted by atomic mass is 9.77. The Morgan fingerprint density at radius 1 is 1.28 bits per heavy atom. The van der Waals surface area contributed by atoms with Crippen LogP contribution in [0.5, 0.6) is 0 Å². The third-order valence-electron chi connectivity index (χ3n) is 6.63. The van der Waals surface area contributed by atoms with Gasteiger partial charge in [0, 0.05) is 35.5 Å². The first-order valence-electron chi connectivity index (χ1n) is 10.3. The zero-order chi connectivity index (χ0) is 20.2. The number of piperidine rings is 1. The smallest absolute Gasteiger partial charge is 0.254 e.